The van der Waals surface area contributed by atoms with Crippen molar-refractivity contribution in [2.75, 3.05) is 9.80 Å². The van der Waals surface area contributed by atoms with Gasteiger partial charge in [-0.25, -0.2) is 8.78 Å². The molecule has 0 N–H and O–H groups in total. The van der Waals surface area contributed by atoms with Crippen LogP contribution in [0.3, 0.4) is 0 Å². The lowest BCUT2D eigenvalue weighted by Crippen LogP contribution is -2.38. The fourth-order valence-corrected chi connectivity index (χ4v) is 9.29. The van der Waals surface area contributed by atoms with Gasteiger partial charge in [-0.1, -0.05) is 112 Å². The van der Waals surface area contributed by atoms with E-state index < -0.39 is 0 Å². The second kappa shape index (κ2) is 12.8. The quantitative estimate of drug-likeness (QED) is 0.168. The molecule has 8 aromatic rings. The summed E-state index contributed by atoms with van der Waals surface area (Å²) in [6, 6.07) is 54.7. The number of allylic oxidation sites excluding steroid dienone is 4. The van der Waals surface area contributed by atoms with Crippen LogP contribution in [0.5, 0.6) is 0 Å². The highest BCUT2D eigenvalue weighted by Gasteiger charge is 2.54. The molecule has 0 bridgehead atoms. The fourth-order valence-electron chi connectivity index (χ4n) is 9.29. The standard InChI is InChI=1S/C52H40F2N2/c1-51(2)48-32-49(56(41-26-20-39(54)21-27-41)43-23-17-35-11-5-7-13-37(35)31-43)45-14-8-9-15-46(45)50(48)47-29-28-44(33-52(47,51)3)55(40-24-18-38(53)19-25-40)42-22-16-34-10-4-6-12-36(34)30-42/h4-32H,33H2,1-3H3. The van der Waals surface area contributed by atoms with Crippen molar-refractivity contribution in [3.05, 3.63) is 204 Å². The molecule has 0 heterocycles. The van der Waals surface area contributed by atoms with Gasteiger partial charge in [0.25, 0.3) is 0 Å². The summed E-state index contributed by atoms with van der Waals surface area (Å²) in [5.74, 6) is -0.523. The molecule has 2 nitrogen and oxygen atoms in total. The number of hydrogen-bond acceptors (Lipinski definition) is 2. The molecule has 1 atom stereocenters. The van der Waals surface area contributed by atoms with Crippen molar-refractivity contribution in [2.45, 2.75) is 32.6 Å². The molecule has 1 unspecified atom stereocenters. The predicted octanol–water partition coefficient (Wildman–Crippen LogP) is 14.7. The maximum Gasteiger partial charge on any atom is 0.123 e. The Balaban J connectivity index is 1.17. The monoisotopic (exact) mass is 730 g/mol. The molecule has 2 aliphatic rings. The van der Waals surface area contributed by atoms with E-state index in [4.69, 9.17) is 0 Å². The SMILES string of the molecule is CC12CC(N(c3ccc(F)cc3)c3ccc4ccccc4c3)=CC=C1c1c(cc(N(c3ccc(F)cc3)c3ccc4ccccc4c3)c3ccccc13)C2(C)C. The van der Waals surface area contributed by atoms with Gasteiger partial charge in [-0.3, -0.25) is 0 Å². The van der Waals surface area contributed by atoms with Crippen LogP contribution < -0.4 is 9.80 Å². The zero-order valence-corrected chi connectivity index (χ0v) is 31.6. The number of hydrogen-bond donors (Lipinski definition) is 0. The fraction of sp³-hybridized carbons (Fsp3) is 0.115. The molecule has 0 saturated carbocycles. The zero-order valence-electron chi connectivity index (χ0n) is 31.6. The molecule has 0 fully saturated rings. The van der Waals surface area contributed by atoms with E-state index in [1.54, 1.807) is 24.3 Å². The highest BCUT2D eigenvalue weighted by Crippen LogP contribution is 2.65. The number of anilines is 5. The van der Waals surface area contributed by atoms with Crippen LogP contribution in [0.4, 0.5) is 37.2 Å². The van der Waals surface area contributed by atoms with Crippen molar-refractivity contribution < 1.29 is 8.78 Å². The molecular formula is C52H40F2N2. The Hall–Kier alpha value is -6.52. The van der Waals surface area contributed by atoms with Gasteiger partial charge in [0.1, 0.15) is 11.6 Å². The molecule has 272 valence electrons. The Morgan fingerprint density at radius 1 is 0.464 bits per heavy atom. The van der Waals surface area contributed by atoms with Gasteiger partial charge in [-0.05, 0) is 135 Å². The number of nitrogens with zero attached hydrogens (tertiary/aromatic N) is 2. The molecule has 0 amide bonds. The first-order valence-electron chi connectivity index (χ1n) is 19.3. The molecule has 0 aliphatic heterocycles. The highest BCUT2D eigenvalue weighted by atomic mass is 19.1. The summed E-state index contributed by atoms with van der Waals surface area (Å²) in [4.78, 5) is 4.58. The number of halogens is 2. The molecule has 4 heteroatoms. The number of benzene rings is 8. The second-order valence-corrected chi connectivity index (χ2v) is 15.9. The third kappa shape index (κ3) is 5.27. The molecule has 10 rings (SSSR count). The average molecular weight is 731 g/mol. The minimum atomic E-state index is -0.303. The van der Waals surface area contributed by atoms with Crippen LogP contribution in [0.1, 0.15) is 38.3 Å². The summed E-state index contributed by atoms with van der Waals surface area (Å²) in [6.45, 7) is 7.17. The van der Waals surface area contributed by atoms with Gasteiger partial charge in [-0.2, -0.15) is 0 Å². The molecule has 0 spiro atoms. The van der Waals surface area contributed by atoms with Gasteiger partial charge in [0.15, 0.2) is 0 Å². The number of fused-ring (bicyclic) bond motifs is 7. The maximum absolute atomic E-state index is 14.5. The van der Waals surface area contributed by atoms with Crippen molar-refractivity contribution >= 4 is 66.3 Å². The van der Waals surface area contributed by atoms with Gasteiger partial charge in [0.05, 0.1) is 5.69 Å². The molecule has 2 aliphatic carbocycles. The summed E-state index contributed by atoms with van der Waals surface area (Å²) in [7, 11) is 0. The minimum absolute atomic E-state index is 0.257. The van der Waals surface area contributed by atoms with Gasteiger partial charge in [0, 0.05) is 44.7 Å². The zero-order chi connectivity index (χ0) is 38.2. The van der Waals surface area contributed by atoms with E-state index >= 15 is 0 Å². The van der Waals surface area contributed by atoms with Crippen LogP contribution in [0.2, 0.25) is 0 Å². The van der Waals surface area contributed by atoms with E-state index in [2.05, 4.69) is 158 Å². The van der Waals surface area contributed by atoms with Crippen molar-refractivity contribution in [3.63, 3.8) is 0 Å². The van der Waals surface area contributed by atoms with E-state index in [1.807, 2.05) is 24.3 Å². The van der Waals surface area contributed by atoms with Gasteiger partial charge >= 0.3 is 0 Å². The molecule has 56 heavy (non-hydrogen) atoms. The first kappa shape index (κ1) is 34.0. The van der Waals surface area contributed by atoms with Crippen molar-refractivity contribution in [2.24, 2.45) is 5.41 Å². The first-order valence-corrected chi connectivity index (χ1v) is 19.3. The van der Waals surface area contributed by atoms with E-state index in [9.17, 15) is 8.78 Å². The minimum Gasteiger partial charge on any atom is -0.314 e. The van der Waals surface area contributed by atoms with Crippen LogP contribution in [-0.2, 0) is 5.41 Å². The first-order chi connectivity index (χ1) is 27.2. The lowest BCUT2D eigenvalue weighted by molar-refractivity contribution is 0.264. The Kier molecular flexibility index (Phi) is 7.76. The molecular weight excluding hydrogens is 691 g/mol. The Morgan fingerprint density at radius 2 is 0.946 bits per heavy atom. The summed E-state index contributed by atoms with van der Waals surface area (Å²) in [5.41, 5.74) is 9.33. The van der Waals surface area contributed by atoms with Crippen molar-refractivity contribution in [1.29, 1.82) is 0 Å². The largest absolute Gasteiger partial charge is 0.314 e. The topological polar surface area (TPSA) is 6.48 Å². The molecule has 0 aromatic heterocycles. The van der Waals surface area contributed by atoms with Crippen LogP contribution in [0.15, 0.2) is 182 Å². The lowest BCUT2D eigenvalue weighted by Gasteiger charge is -2.44. The lowest BCUT2D eigenvalue weighted by atomic mass is 9.62. The summed E-state index contributed by atoms with van der Waals surface area (Å²) in [6.07, 6.45) is 5.36. The normalized spacial score (nSPS) is 17.0. The Morgan fingerprint density at radius 3 is 1.54 bits per heavy atom. The number of rotatable bonds is 6. The van der Waals surface area contributed by atoms with Crippen LogP contribution in [-0.4, -0.2) is 0 Å². The summed E-state index contributed by atoms with van der Waals surface area (Å²) >= 11 is 0. The van der Waals surface area contributed by atoms with E-state index in [0.717, 1.165) is 56.7 Å². The molecule has 0 saturated heterocycles. The van der Waals surface area contributed by atoms with Crippen LogP contribution in [0.25, 0.3) is 37.9 Å². The second-order valence-electron chi connectivity index (χ2n) is 15.9. The third-order valence-corrected chi connectivity index (χ3v) is 12.6. The van der Waals surface area contributed by atoms with E-state index in [0.29, 0.717) is 0 Å². The third-order valence-electron chi connectivity index (χ3n) is 12.6. The van der Waals surface area contributed by atoms with Gasteiger partial charge in [0.2, 0.25) is 0 Å². The highest BCUT2D eigenvalue weighted by molar-refractivity contribution is 6.08. The van der Waals surface area contributed by atoms with E-state index in [1.165, 1.54) is 32.9 Å². The Bertz CT molecular complexity index is 2900. The van der Waals surface area contributed by atoms with Gasteiger partial charge in [-0.15, -0.1) is 0 Å². The molecule has 8 aromatic carbocycles. The maximum atomic E-state index is 14.5. The van der Waals surface area contributed by atoms with Crippen molar-refractivity contribution in [1.82, 2.24) is 0 Å². The summed E-state index contributed by atoms with van der Waals surface area (Å²) in [5, 5.41) is 6.96. The average Bonchev–Trinajstić information content (AvgIpc) is 3.40. The van der Waals surface area contributed by atoms with Gasteiger partial charge < -0.3 is 9.80 Å². The summed E-state index contributed by atoms with van der Waals surface area (Å²) < 4.78 is 28.8. The van der Waals surface area contributed by atoms with Crippen LogP contribution in [0, 0.1) is 17.0 Å². The predicted molar refractivity (Wildman–Crippen MR) is 230 cm³/mol. The molecule has 0 radical (unpaired) electrons. The van der Waals surface area contributed by atoms with Crippen molar-refractivity contribution in [3.8, 4) is 0 Å². The smallest absolute Gasteiger partial charge is 0.123 e. The van der Waals surface area contributed by atoms with Crippen LogP contribution >= 0.6 is 0 Å². The Labute approximate surface area is 326 Å². The van der Waals surface area contributed by atoms with E-state index in [-0.39, 0.29) is 22.5 Å².